The molecule has 0 aromatic carbocycles. The molecule has 15 heavy (non-hydrogen) atoms. The van der Waals surface area contributed by atoms with E-state index in [-0.39, 0.29) is 6.10 Å². The Labute approximate surface area is 92.6 Å². The van der Waals surface area contributed by atoms with Crippen LogP contribution in [0.1, 0.15) is 19.3 Å². The van der Waals surface area contributed by atoms with Gasteiger partial charge in [0.25, 0.3) is 0 Å². The van der Waals surface area contributed by atoms with Gasteiger partial charge in [-0.05, 0) is 38.9 Å². The number of nitrogens with one attached hydrogen (secondary N) is 1. The summed E-state index contributed by atoms with van der Waals surface area (Å²) in [6.07, 6.45) is 3.15. The van der Waals surface area contributed by atoms with Gasteiger partial charge in [0, 0.05) is 20.2 Å². The Hall–Kier alpha value is -0.160. The maximum Gasteiger partial charge on any atom is 0.0785 e. The predicted octanol–water partition coefficient (Wildman–Crippen LogP) is 0.0692. The number of methoxy groups -OCH3 is 1. The smallest absolute Gasteiger partial charge is 0.0785 e. The summed E-state index contributed by atoms with van der Waals surface area (Å²) in [5.74, 6) is 0. The monoisotopic (exact) mass is 216 g/mol. The van der Waals surface area contributed by atoms with Gasteiger partial charge in [-0.15, -0.1) is 0 Å². The molecule has 1 heterocycles. The third-order valence-electron chi connectivity index (χ3n) is 2.82. The Kier molecular flexibility index (Phi) is 6.92. The highest BCUT2D eigenvalue weighted by Crippen LogP contribution is 2.05. The van der Waals surface area contributed by atoms with Crippen LogP contribution >= 0.6 is 0 Å². The molecule has 1 aliphatic heterocycles. The first-order valence-corrected chi connectivity index (χ1v) is 5.93. The fraction of sp³-hybridized carbons (Fsp3) is 1.00. The number of aliphatic hydroxyl groups excluding tert-OH is 1. The lowest BCUT2D eigenvalue weighted by Crippen LogP contribution is -2.31. The van der Waals surface area contributed by atoms with Crippen LogP contribution in [-0.2, 0) is 4.74 Å². The van der Waals surface area contributed by atoms with E-state index < -0.39 is 0 Å². The molecule has 0 radical (unpaired) electrons. The lowest BCUT2D eigenvalue weighted by atomic mass is 10.2. The van der Waals surface area contributed by atoms with Crippen molar-refractivity contribution in [2.24, 2.45) is 0 Å². The molecular formula is C11H24N2O2. The molecule has 0 spiro atoms. The topological polar surface area (TPSA) is 44.7 Å². The van der Waals surface area contributed by atoms with Crippen molar-refractivity contribution in [3.63, 3.8) is 0 Å². The number of hydrogen-bond donors (Lipinski definition) is 2. The van der Waals surface area contributed by atoms with E-state index >= 15 is 0 Å². The maximum atomic E-state index is 9.38. The van der Waals surface area contributed by atoms with Gasteiger partial charge in [0.2, 0.25) is 0 Å². The Morgan fingerprint density at radius 1 is 1.33 bits per heavy atom. The fourth-order valence-electron chi connectivity index (χ4n) is 1.91. The first-order valence-electron chi connectivity index (χ1n) is 5.93. The zero-order valence-electron chi connectivity index (χ0n) is 9.74. The second-order valence-corrected chi connectivity index (χ2v) is 4.20. The molecule has 0 saturated carbocycles. The van der Waals surface area contributed by atoms with Crippen molar-refractivity contribution < 1.29 is 9.84 Å². The molecule has 1 saturated heterocycles. The SMILES string of the molecule is COCC(O)CCNCCN1CCCC1. The third kappa shape index (κ3) is 6.10. The number of aliphatic hydroxyl groups is 1. The molecule has 4 heteroatoms. The van der Waals surface area contributed by atoms with Crippen molar-refractivity contribution in [3.8, 4) is 0 Å². The molecular weight excluding hydrogens is 192 g/mol. The van der Waals surface area contributed by atoms with Crippen molar-refractivity contribution in [2.45, 2.75) is 25.4 Å². The zero-order chi connectivity index (χ0) is 10.9. The molecule has 0 amide bonds. The van der Waals surface area contributed by atoms with Gasteiger partial charge in [-0.2, -0.15) is 0 Å². The minimum absolute atomic E-state index is 0.325. The van der Waals surface area contributed by atoms with Crippen LogP contribution in [0.25, 0.3) is 0 Å². The summed E-state index contributed by atoms with van der Waals surface area (Å²) in [5, 5.41) is 12.7. The van der Waals surface area contributed by atoms with Crippen LogP contribution in [-0.4, -0.2) is 62.6 Å². The summed E-state index contributed by atoms with van der Waals surface area (Å²) >= 11 is 0. The summed E-state index contributed by atoms with van der Waals surface area (Å²) in [5.41, 5.74) is 0. The largest absolute Gasteiger partial charge is 0.391 e. The van der Waals surface area contributed by atoms with E-state index in [9.17, 15) is 5.11 Å². The van der Waals surface area contributed by atoms with Gasteiger partial charge < -0.3 is 20.1 Å². The van der Waals surface area contributed by atoms with E-state index in [1.807, 2.05) is 0 Å². The summed E-state index contributed by atoms with van der Waals surface area (Å²) in [6, 6.07) is 0. The van der Waals surface area contributed by atoms with Crippen LogP contribution < -0.4 is 5.32 Å². The molecule has 1 aliphatic rings. The van der Waals surface area contributed by atoms with Gasteiger partial charge in [-0.3, -0.25) is 0 Å². The standard InChI is InChI=1S/C11H24N2O2/c1-15-10-11(14)4-5-12-6-9-13-7-2-3-8-13/h11-12,14H,2-10H2,1H3. The van der Waals surface area contributed by atoms with Crippen LogP contribution in [0.15, 0.2) is 0 Å². The highest BCUT2D eigenvalue weighted by molar-refractivity contribution is 4.67. The molecule has 1 rings (SSSR count). The van der Waals surface area contributed by atoms with E-state index in [4.69, 9.17) is 4.74 Å². The minimum atomic E-state index is -0.325. The Balaban J connectivity index is 1.84. The van der Waals surface area contributed by atoms with E-state index in [0.29, 0.717) is 6.61 Å². The Morgan fingerprint density at radius 2 is 2.07 bits per heavy atom. The Morgan fingerprint density at radius 3 is 2.73 bits per heavy atom. The molecule has 90 valence electrons. The van der Waals surface area contributed by atoms with E-state index in [0.717, 1.165) is 26.1 Å². The summed E-state index contributed by atoms with van der Waals surface area (Å²) in [6.45, 7) is 5.99. The number of likely N-dealkylation sites (tertiary alicyclic amines) is 1. The number of hydrogen-bond acceptors (Lipinski definition) is 4. The fourth-order valence-corrected chi connectivity index (χ4v) is 1.91. The van der Waals surface area contributed by atoms with E-state index in [1.54, 1.807) is 7.11 Å². The summed E-state index contributed by atoms with van der Waals surface area (Å²) in [4.78, 5) is 2.48. The van der Waals surface area contributed by atoms with Gasteiger partial charge in [0.05, 0.1) is 12.7 Å². The molecule has 0 aromatic heterocycles. The lowest BCUT2D eigenvalue weighted by molar-refractivity contribution is 0.0594. The lowest BCUT2D eigenvalue weighted by Gasteiger charge is -2.15. The third-order valence-corrected chi connectivity index (χ3v) is 2.82. The van der Waals surface area contributed by atoms with Crippen LogP contribution in [0.4, 0.5) is 0 Å². The van der Waals surface area contributed by atoms with Crippen molar-refractivity contribution >= 4 is 0 Å². The number of nitrogens with zero attached hydrogens (tertiary/aromatic N) is 1. The molecule has 1 unspecified atom stereocenters. The molecule has 2 N–H and O–H groups in total. The zero-order valence-corrected chi connectivity index (χ0v) is 9.74. The second kappa shape index (κ2) is 8.05. The van der Waals surface area contributed by atoms with Gasteiger partial charge in [0.15, 0.2) is 0 Å². The van der Waals surface area contributed by atoms with Crippen LogP contribution in [0.5, 0.6) is 0 Å². The molecule has 0 aliphatic carbocycles. The van der Waals surface area contributed by atoms with Crippen LogP contribution in [0.2, 0.25) is 0 Å². The molecule has 1 atom stereocenters. The molecule has 0 aromatic rings. The first-order chi connectivity index (χ1) is 7.33. The van der Waals surface area contributed by atoms with Gasteiger partial charge in [-0.25, -0.2) is 0 Å². The second-order valence-electron chi connectivity index (χ2n) is 4.20. The van der Waals surface area contributed by atoms with Gasteiger partial charge in [-0.1, -0.05) is 0 Å². The quantitative estimate of drug-likeness (QED) is 0.564. The first kappa shape index (κ1) is 12.9. The Bertz CT molecular complexity index is 150. The summed E-state index contributed by atoms with van der Waals surface area (Å²) < 4.78 is 4.86. The molecule has 1 fully saturated rings. The normalized spacial score (nSPS) is 19.6. The van der Waals surface area contributed by atoms with Crippen molar-refractivity contribution in [2.75, 3.05) is 46.4 Å². The van der Waals surface area contributed by atoms with E-state index in [1.165, 1.54) is 25.9 Å². The predicted molar refractivity (Wildman–Crippen MR) is 61.0 cm³/mol. The van der Waals surface area contributed by atoms with Crippen molar-refractivity contribution in [1.29, 1.82) is 0 Å². The highest BCUT2D eigenvalue weighted by atomic mass is 16.5. The number of ether oxygens (including phenoxy) is 1. The van der Waals surface area contributed by atoms with Crippen LogP contribution in [0, 0.1) is 0 Å². The average Bonchev–Trinajstić information content (AvgIpc) is 2.70. The van der Waals surface area contributed by atoms with Crippen molar-refractivity contribution in [1.82, 2.24) is 10.2 Å². The average molecular weight is 216 g/mol. The highest BCUT2D eigenvalue weighted by Gasteiger charge is 2.10. The number of rotatable bonds is 8. The summed E-state index contributed by atoms with van der Waals surface area (Å²) in [7, 11) is 1.62. The molecule has 0 bridgehead atoms. The maximum absolute atomic E-state index is 9.38. The van der Waals surface area contributed by atoms with Crippen molar-refractivity contribution in [3.05, 3.63) is 0 Å². The minimum Gasteiger partial charge on any atom is -0.391 e. The van der Waals surface area contributed by atoms with Crippen LogP contribution in [0.3, 0.4) is 0 Å². The molecule has 4 nitrogen and oxygen atoms in total. The van der Waals surface area contributed by atoms with E-state index in [2.05, 4.69) is 10.2 Å². The van der Waals surface area contributed by atoms with Gasteiger partial charge >= 0.3 is 0 Å². The van der Waals surface area contributed by atoms with Gasteiger partial charge in [0.1, 0.15) is 0 Å².